The van der Waals surface area contributed by atoms with Gasteiger partial charge in [0.25, 0.3) is 5.91 Å². The summed E-state index contributed by atoms with van der Waals surface area (Å²) in [5.41, 5.74) is 0.574. The number of unbranched alkanes of at least 4 members (excludes halogenated alkanes) is 1. The minimum absolute atomic E-state index is 0.174. The largest absolute Gasteiger partial charge is 0.494 e. The Kier molecular flexibility index (Phi) is 6.59. The highest BCUT2D eigenvalue weighted by molar-refractivity contribution is 5.94. The van der Waals surface area contributed by atoms with Gasteiger partial charge in [0.2, 0.25) is 5.89 Å². The van der Waals surface area contributed by atoms with Crippen molar-refractivity contribution in [1.82, 2.24) is 15.5 Å². The van der Waals surface area contributed by atoms with Crippen molar-refractivity contribution in [1.29, 1.82) is 0 Å². The summed E-state index contributed by atoms with van der Waals surface area (Å²) in [6, 6.07) is 7.10. The summed E-state index contributed by atoms with van der Waals surface area (Å²) < 4.78 is 10.6. The average molecular weight is 317 g/mol. The van der Waals surface area contributed by atoms with E-state index in [1.54, 1.807) is 24.3 Å². The van der Waals surface area contributed by atoms with Crippen LogP contribution < -0.4 is 10.1 Å². The van der Waals surface area contributed by atoms with Crippen LogP contribution in [0.25, 0.3) is 0 Å². The van der Waals surface area contributed by atoms with Crippen molar-refractivity contribution in [3.8, 4) is 5.75 Å². The molecule has 0 bridgehead atoms. The highest BCUT2D eigenvalue weighted by Crippen LogP contribution is 2.13. The molecule has 1 aromatic heterocycles. The van der Waals surface area contributed by atoms with Crippen molar-refractivity contribution in [2.75, 3.05) is 6.61 Å². The summed E-state index contributed by atoms with van der Waals surface area (Å²) in [4.78, 5) is 16.3. The van der Waals surface area contributed by atoms with Crippen LogP contribution in [0.3, 0.4) is 0 Å². The average Bonchev–Trinajstić information content (AvgIpc) is 3.01. The van der Waals surface area contributed by atoms with Gasteiger partial charge < -0.3 is 14.6 Å². The Morgan fingerprint density at radius 2 is 2.00 bits per heavy atom. The van der Waals surface area contributed by atoms with E-state index in [2.05, 4.69) is 22.4 Å². The molecule has 1 N–H and O–H groups in total. The lowest BCUT2D eigenvalue weighted by molar-refractivity contribution is 0.0949. The zero-order valence-electron chi connectivity index (χ0n) is 13.7. The molecule has 0 fully saturated rings. The molecule has 0 saturated heterocycles. The van der Waals surface area contributed by atoms with Crippen molar-refractivity contribution in [2.45, 2.75) is 46.1 Å². The van der Waals surface area contributed by atoms with E-state index in [1.165, 1.54) is 0 Å². The molecule has 1 aromatic carbocycles. The first-order chi connectivity index (χ1) is 11.2. The SMILES string of the molecule is CCCCOc1ccc(C(=O)NCc2noc(CCC)n2)cc1. The van der Waals surface area contributed by atoms with Crippen molar-refractivity contribution in [3.05, 3.63) is 41.5 Å². The maximum atomic E-state index is 12.1. The maximum Gasteiger partial charge on any atom is 0.251 e. The molecule has 0 saturated carbocycles. The number of benzene rings is 1. The molecule has 0 unspecified atom stereocenters. The molecule has 6 heteroatoms. The summed E-state index contributed by atoms with van der Waals surface area (Å²) in [6.45, 7) is 5.10. The summed E-state index contributed by atoms with van der Waals surface area (Å²) >= 11 is 0. The number of aromatic nitrogens is 2. The Hall–Kier alpha value is -2.37. The third-order valence-corrected chi connectivity index (χ3v) is 3.26. The van der Waals surface area contributed by atoms with Crippen LogP contribution in [0.1, 0.15) is 55.2 Å². The van der Waals surface area contributed by atoms with Gasteiger partial charge in [0, 0.05) is 12.0 Å². The molecule has 0 aliphatic rings. The summed E-state index contributed by atoms with van der Waals surface area (Å²) in [5, 5.41) is 6.61. The Labute approximate surface area is 136 Å². The van der Waals surface area contributed by atoms with Crippen LogP contribution in [0.5, 0.6) is 5.75 Å². The Morgan fingerprint density at radius 1 is 1.22 bits per heavy atom. The molecular formula is C17H23N3O3. The van der Waals surface area contributed by atoms with Gasteiger partial charge in [-0.05, 0) is 37.1 Å². The first-order valence-electron chi connectivity index (χ1n) is 8.05. The van der Waals surface area contributed by atoms with Crippen LogP contribution in [-0.2, 0) is 13.0 Å². The van der Waals surface area contributed by atoms with Crippen LogP contribution in [0.15, 0.2) is 28.8 Å². The fourth-order valence-corrected chi connectivity index (χ4v) is 1.98. The number of hydrogen-bond acceptors (Lipinski definition) is 5. The fraction of sp³-hybridized carbons (Fsp3) is 0.471. The van der Waals surface area contributed by atoms with E-state index in [0.29, 0.717) is 23.9 Å². The van der Waals surface area contributed by atoms with Crippen molar-refractivity contribution in [2.24, 2.45) is 0 Å². The van der Waals surface area contributed by atoms with Gasteiger partial charge in [0.1, 0.15) is 5.75 Å². The number of hydrogen-bond donors (Lipinski definition) is 1. The van der Waals surface area contributed by atoms with Gasteiger partial charge in [-0.25, -0.2) is 0 Å². The van der Waals surface area contributed by atoms with Crippen LogP contribution in [-0.4, -0.2) is 22.7 Å². The molecule has 0 aliphatic carbocycles. The molecule has 124 valence electrons. The molecule has 23 heavy (non-hydrogen) atoms. The molecule has 1 heterocycles. The predicted octanol–water partition coefficient (Wildman–Crippen LogP) is 3.13. The smallest absolute Gasteiger partial charge is 0.251 e. The van der Waals surface area contributed by atoms with E-state index in [4.69, 9.17) is 9.26 Å². The standard InChI is InChI=1S/C17H23N3O3/c1-3-5-11-22-14-9-7-13(8-10-14)17(21)18-12-15-19-16(6-4-2)23-20-15/h7-10H,3-6,11-12H2,1-2H3,(H,18,21). The van der Waals surface area contributed by atoms with E-state index in [-0.39, 0.29) is 12.5 Å². The number of nitrogens with one attached hydrogen (secondary N) is 1. The van der Waals surface area contributed by atoms with Crippen molar-refractivity contribution in [3.63, 3.8) is 0 Å². The summed E-state index contributed by atoms with van der Waals surface area (Å²) in [6.07, 6.45) is 3.81. The molecule has 0 spiro atoms. The quantitative estimate of drug-likeness (QED) is 0.719. The van der Waals surface area contributed by atoms with Crippen LogP contribution in [0.2, 0.25) is 0 Å². The van der Waals surface area contributed by atoms with Crippen LogP contribution in [0, 0.1) is 0 Å². The Balaban J connectivity index is 1.82. The van der Waals surface area contributed by atoms with Gasteiger partial charge in [0.15, 0.2) is 5.82 Å². The number of nitrogens with zero attached hydrogens (tertiary/aromatic N) is 2. The number of ether oxygens (including phenoxy) is 1. The van der Waals surface area contributed by atoms with Gasteiger partial charge in [-0.1, -0.05) is 25.4 Å². The normalized spacial score (nSPS) is 10.5. The van der Waals surface area contributed by atoms with Crippen molar-refractivity contribution >= 4 is 5.91 Å². The number of aryl methyl sites for hydroxylation is 1. The lowest BCUT2D eigenvalue weighted by Gasteiger charge is -2.06. The highest BCUT2D eigenvalue weighted by Gasteiger charge is 2.09. The van der Waals surface area contributed by atoms with Gasteiger partial charge in [-0.3, -0.25) is 4.79 Å². The van der Waals surface area contributed by atoms with Crippen molar-refractivity contribution < 1.29 is 14.1 Å². The minimum Gasteiger partial charge on any atom is -0.494 e. The molecular weight excluding hydrogens is 294 g/mol. The van der Waals surface area contributed by atoms with E-state index < -0.39 is 0 Å². The van der Waals surface area contributed by atoms with Gasteiger partial charge in [0.05, 0.1) is 13.2 Å². The topological polar surface area (TPSA) is 77.2 Å². The van der Waals surface area contributed by atoms with Gasteiger partial charge in [-0.2, -0.15) is 4.98 Å². The monoisotopic (exact) mass is 317 g/mol. The third-order valence-electron chi connectivity index (χ3n) is 3.26. The van der Waals surface area contributed by atoms with Gasteiger partial charge in [-0.15, -0.1) is 0 Å². The number of rotatable bonds is 9. The first-order valence-corrected chi connectivity index (χ1v) is 8.05. The molecule has 1 amide bonds. The lowest BCUT2D eigenvalue weighted by atomic mass is 10.2. The maximum absolute atomic E-state index is 12.1. The molecule has 6 nitrogen and oxygen atoms in total. The summed E-state index contributed by atoms with van der Waals surface area (Å²) in [7, 11) is 0. The van der Waals surface area contributed by atoms with E-state index >= 15 is 0 Å². The van der Waals surface area contributed by atoms with E-state index in [1.807, 2.05) is 6.92 Å². The number of amides is 1. The molecule has 0 radical (unpaired) electrons. The Morgan fingerprint density at radius 3 is 2.70 bits per heavy atom. The Bertz CT molecular complexity index is 608. The second-order valence-corrected chi connectivity index (χ2v) is 5.26. The van der Waals surface area contributed by atoms with Crippen LogP contribution >= 0.6 is 0 Å². The first kappa shape index (κ1) is 17.0. The molecule has 2 rings (SSSR count). The minimum atomic E-state index is -0.174. The highest BCUT2D eigenvalue weighted by atomic mass is 16.5. The zero-order chi connectivity index (χ0) is 16.5. The second-order valence-electron chi connectivity index (χ2n) is 5.26. The number of carbonyl (C=O) groups excluding carboxylic acids is 1. The molecule has 0 atom stereocenters. The third kappa shape index (κ3) is 5.39. The van der Waals surface area contributed by atoms with Crippen LogP contribution in [0.4, 0.5) is 0 Å². The van der Waals surface area contributed by atoms with E-state index in [0.717, 1.165) is 31.4 Å². The lowest BCUT2D eigenvalue weighted by Crippen LogP contribution is -2.23. The zero-order valence-corrected chi connectivity index (χ0v) is 13.7. The molecule has 2 aromatic rings. The number of carbonyl (C=O) groups is 1. The van der Waals surface area contributed by atoms with Gasteiger partial charge >= 0.3 is 0 Å². The predicted molar refractivity (Wildman–Crippen MR) is 86.3 cm³/mol. The fourth-order valence-electron chi connectivity index (χ4n) is 1.98. The van der Waals surface area contributed by atoms with E-state index in [9.17, 15) is 4.79 Å². The second kappa shape index (κ2) is 8.92. The summed E-state index contributed by atoms with van der Waals surface area (Å²) in [5.74, 6) is 1.69. The molecule has 0 aliphatic heterocycles.